The molecule has 0 aliphatic carbocycles. The van der Waals surface area contributed by atoms with Crippen molar-refractivity contribution >= 4 is 17.1 Å². The molecule has 1 aromatic carbocycles. The van der Waals surface area contributed by atoms with Gasteiger partial charge in [-0.2, -0.15) is 0 Å². The molecule has 0 aromatic heterocycles. The van der Waals surface area contributed by atoms with Crippen molar-refractivity contribution in [2.24, 2.45) is 0 Å². The highest BCUT2D eigenvalue weighted by atomic mass is 15.2. The molecule has 1 aliphatic heterocycles. The number of nitrogens with zero attached hydrogens (tertiary/aromatic N) is 1. The summed E-state index contributed by atoms with van der Waals surface area (Å²) < 4.78 is 0. The van der Waals surface area contributed by atoms with Crippen molar-refractivity contribution in [3.05, 3.63) is 18.2 Å². The quantitative estimate of drug-likeness (QED) is 0.666. The number of benzene rings is 1. The molecule has 0 saturated carbocycles. The van der Waals surface area contributed by atoms with Crippen LogP contribution in [0.2, 0.25) is 0 Å². The van der Waals surface area contributed by atoms with Crippen LogP contribution in [0, 0.1) is 0 Å². The maximum atomic E-state index is 5.76. The van der Waals surface area contributed by atoms with E-state index in [1.807, 2.05) is 12.1 Å². The third-order valence-electron chi connectivity index (χ3n) is 2.64. The maximum absolute atomic E-state index is 5.76. The van der Waals surface area contributed by atoms with Gasteiger partial charge in [-0.15, -0.1) is 0 Å². The molecular weight excluding hydrogens is 174 g/mol. The lowest BCUT2D eigenvalue weighted by molar-refractivity contribution is 0.703. The second-order valence-electron chi connectivity index (χ2n) is 3.86. The third kappa shape index (κ3) is 1.50. The first-order valence-corrected chi connectivity index (χ1v) is 5.11. The Morgan fingerprint density at radius 3 is 3.07 bits per heavy atom. The Morgan fingerprint density at radius 2 is 2.36 bits per heavy atom. The van der Waals surface area contributed by atoms with Gasteiger partial charge in [0.1, 0.15) is 0 Å². The largest absolute Gasteiger partial charge is 0.399 e. The number of hydrogen-bond acceptors (Lipinski definition) is 3. The first kappa shape index (κ1) is 9.19. The van der Waals surface area contributed by atoms with Crippen LogP contribution < -0.4 is 16.0 Å². The zero-order valence-electron chi connectivity index (χ0n) is 8.75. The zero-order chi connectivity index (χ0) is 10.1. The van der Waals surface area contributed by atoms with E-state index in [1.54, 1.807) is 0 Å². The topological polar surface area (TPSA) is 41.3 Å². The first-order chi connectivity index (χ1) is 6.70. The summed E-state index contributed by atoms with van der Waals surface area (Å²) in [6.07, 6.45) is 0. The van der Waals surface area contributed by atoms with Gasteiger partial charge in [0.25, 0.3) is 0 Å². The highest BCUT2D eigenvalue weighted by Gasteiger charge is 2.19. The molecular formula is C11H17N3. The minimum Gasteiger partial charge on any atom is -0.399 e. The molecule has 3 heteroatoms. The van der Waals surface area contributed by atoms with E-state index in [4.69, 9.17) is 5.73 Å². The van der Waals surface area contributed by atoms with E-state index in [-0.39, 0.29) is 0 Å². The van der Waals surface area contributed by atoms with Crippen LogP contribution in [-0.2, 0) is 0 Å². The van der Waals surface area contributed by atoms with Crippen LogP contribution in [0.1, 0.15) is 13.8 Å². The Hall–Kier alpha value is -1.38. The van der Waals surface area contributed by atoms with Crippen molar-refractivity contribution in [1.29, 1.82) is 0 Å². The third-order valence-corrected chi connectivity index (χ3v) is 2.64. The second-order valence-corrected chi connectivity index (χ2v) is 3.86. The highest BCUT2D eigenvalue weighted by Crippen LogP contribution is 2.32. The first-order valence-electron chi connectivity index (χ1n) is 5.11. The predicted octanol–water partition coefficient (Wildman–Crippen LogP) is 1.91. The number of fused-ring (bicyclic) bond motifs is 1. The van der Waals surface area contributed by atoms with Gasteiger partial charge >= 0.3 is 0 Å². The van der Waals surface area contributed by atoms with Crippen molar-refractivity contribution in [3.63, 3.8) is 0 Å². The van der Waals surface area contributed by atoms with Crippen LogP contribution in [0.5, 0.6) is 0 Å². The van der Waals surface area contributed by atoms with Gasteiger partial charge in [-0.3, -0.25) is 0 Å². The zero-order valence-corrected chi connectivity index (χ0v) is 8.75. The van der Waals surface area contributed by atoms with Crippen LogP contribution in [0.4, 0.5) is 17.1 Å². The molecule has 1 unspecified atom stereocenters. The van der Waals surface area contributed by atoms with Gasteiger partial charge in [0, 0.05) is 24.8 Å². The minimum absolute atomic E-state index is 0.490. The molecule has 1 atom stereocenters. The molecule has 3 N–H and O–H groups in total. The van der Waals surface area contributed by atoms with Gasteiger partial charge in [-0.25, -0.2) is 0 Å². The lowest BCUT2D eigenvalue weighted by Gasteiger charge is -2.35. The molecule has 0 amide bonds. The van der Waals surface area contributed by atoms with Gasteiger partial charge in [0.05, 0.1) is 11.4 Å². The van der Waals surface area contributed by atoms with Gasteiger partial charge in [-0.05, 0) is 32.0 Å². The number of rotatable bonds is 1. The molecule has 1 aliphatic rings. The van der Waals surface area contributed by atoms with E-state index in [2.05, 4.69) is 30.1 Å². The molecule has 14 heavy (non-hydrogen) atoms. The average molecular weight is 191 g/mol. The minimum atomic E-state index is 0.490. The van der Waals surface area contributed by atoms with Gasteiger partial charge < -0.3 is 16.0 Å². The lowest BCUT2D eigenvalue weighted by Crippen LogP contribution is -2.39. The lowest BCUT2D eigenvalue weighted by atomic mass is 10.1. The van der Waals surface area contributed by atoms with Crippen molar-refractivity contribution in [2.45, 2.75) is 19.9 Å². The molecule has 76 valence electrons. The fourth-order valence-corrected chi connectivity index (χ4v) is 1.98. The van der Waals surface area contributed by atoms with Crippen molar-refractivity contribution in [1.82, 2.24) is 0 Å². The van der Waals surface area contributed by atoms with E-state index >= 15 is 0 Å². The molecule has 1 aromatic rings. The van der Waals surface area contributed by atoms with Gasteiger partial charge in [-0.1, -0.05) is 0 Å². The molecule has 2 rings (SSSR count). The molecule has 0 radical (unpaired) electrons. The molecule has 0 fully saturated rings. The fraction of sp³-hybridized carbons (Fsp3) is 0.455. The van der Waals surface area contributed by atoms with E-state index in [0.29, 0.717) is 6.04 Å². The summed E-state index contributed by atoms with van der Waals surface area (Å²) >= 11 is 0. The number of hydrogen-bond donors (Lipinski definition) is 2. The van der Waals surface area contributed by atoms with Crippen molar-refractivity contribution < 1.29 is 0 Å². The number of likely N-dealkylation sites (N-methyl/N-ethyl adjacent to an activating group) is 1. The normalized spacial score (nSPS) is 20.1. The Balaban J connectivity index is 2.40. The van der Waals surface area contributed by atoms with Crippen molar-refractivity contribution in [3.8, 4) is 0 Å². The summed E-state index contributed by atoms with van der Waals surface area (Å²) in [7, 11) is 0. The Bertz CT molecular complexity index is 335. The molecule has 1 heterocycles. The Morgan fingerprint density at radius 1 is 1.57 bits per heavy atom. The molecule has 0 saturated heterocycles. The van der Waals surface area contributed by atoms with Crippen LogP contribution in [-0.4, -0.2) is 19.1 Å². The summed E-state index contributed by atoms with van der Waals surface area (Å²) in [4.78, 5) is 2.37. The summed E-state index contributed by atoms with van der Waals surface area (Å²) in [5.74, 6) is 0. The summed E-state index contributed by atoms with van der Waals surface area (Å²) in [5, 5.41) is 3.44. The predicted molar refractivity (Wildman–Crippen MR) is 61.8 cm³/mol. The average Bonchev–Trinajstić information content (AvgIpc) is 2.15. The molecule has 0 spiro atoms. The summed E-state index contributed by atoms with van der Waals surface area (Å²) in [6.45, 7) is 6.48. The van der Waals surface area contributed by atoms with Gasteiger partial charge in [0.2, 0.25) is 0 Å². The maximum Gasteiger partial charge on any atom is 0.0604 e. The monoisotopic (exact) mass is 191 g/mol. The molecule has 0 bridgehead atoms. The number of nitrogens with one attached hydrogen (secondary N) is 1. The number of nitrogens with two attached hydrogens (primary N) is 1. The van der Waals surface area contributed by atoms with Crippen LogP contribution in [0.3, 0.4) is 0 Å². The molecule has 3 nitrogen and oxygen atoms in total. The number of anilines is 3. The second kappa shape index (κ2) is 3.40. The smallest absolute Gasteiger partial charge is 0.0604 e. The summed E-state index contributed by atoms with van der Waals surface area (Å²) in [5.41, 5.74) is 9.00. The van der Waals surface area contributed by atoms with Crippen LogP contribution >= 0.6 is 0 Å². The standard InChI is InChI=1S/C11H17N3/c1-3-14-7-8(2)13-10-6-9(12)4-5-11(10)14/h4-6,8,13H,3,7,12H2,1-2H3. The van der Waals surface area contributed by atoms with Crippen LogP contribution in [0.15, 0.2) is 18.2 Å². The van der Waals surface area contributed by atoms with E-state index < -0.39 is 0 Å². The highest BCUT2D eigenvalue weighted by molar-refractivity contribution is 5.76. The SMILES string of the molecule is CCN1CC(C)Nc2cc(N)ccc21. The Labute approximate surface area is 84.9 Å². The number of nitrogen functional groups attached to an aromatic ring is 1. The summed E-state index contributed by atoms with van der Waals surface area (Å²) in [6, 6.07) is 6.55. The van der Waals surface area contributed by atoms with Crippen LogP contribution in [0.25, 0.3) is 0 Å². The van der Waals surface area contributed by atoms with E-state index in [1.165, 1.54) is 5.69 Å². The van der Waals surface area contributed by atoms with E-state index in [0.717, 1.165) is 24.5 Å². The van der Waals surface area contributed by atoms with Crippen molar-refractivity contribution in [2.75, 3.05) is 29.0 Å². The Kier molecular flexibility index (Phi) is 2.23. The fourth-order valence-electron chi connectivity index (χ4n) is 1.98. The van der Waals surface area contributed by atoms with E-state index in [9.17, 15) is 0 Å². The van der Waals surface area contributed by atoms with Gasteiger partial charge in [0.15, 0.2) is 0 Å².